The van der Waals surface area contributed by atoms with Gasteiger partial charge in [-0.1, -0.05) is 13.8 Å². The molecule has 0 unspecified atom stereocenters. The first-order valence-electron chi connectivity index (χ1n) is 4.80. The Morgan fingerprint density at radius 1 is 1.40 bits per heavy atom. The SMILES string of the molecule is CC(C)[C@@H](N)C(=O)NCC[C@H](O)C(=O)O. The van der Waals surface area contributed by atoms with E-state index < -0.39 is 18.1 Å². The Balaban J connectivity index is 3.78. The van der Waals surface area contributed by atoms with Crippen LogP contribution in [0.1, 0.15) is 20.3 Å². The highest BCUT2D eigenvalue weighted by atomic mass is 16.4. The molecule has 0 aromatic carbocycles. The number of carboxylic acid groups (broad SMARTS) is 1. The highest BCUT2D eigenvalue weighted by Gasteiger charge is 2.18. The molecule has 0 saturated carbocycles. The first-order chi connectivity index (χ1) is 6.86. The van der Waals surface area contributed by atoms with E-state index >= 15 is 0 Å². The molecule has 0 radical (unpaired) electrons. The maximum absolute atomic E-state index is 11.3. The molecule has 2 atom stereocenters. The van der Waals surface area contributed by atoms with Crippen molar-refractivity contribution in [3.63, 3.8) is 0 Å². The number of carbonyl (C=O) groups is 2. The Labute approximate surface area is 88.5 Å². The molecule has 15 heavy (non-hydrogen) atoms. The second kappa shape index (κ2) is 6.36. The van der Waals surface area contributed by atoms with Gasteiger partial charge >= 0.3 is 5.97 Å². The second-order valence-electron chi connectivity index (χ2n) is 3.70. The second-order valence-corrected chi connectivity index (χ2v) is 3.70. The number of hydrogen-bond donors (Lipinski definition) is 4. The van der Waals surface area contributed by atoms with Gasteiger partial charge in [-0.2, -0.15) is 0 Å². The quantitative estimate of drug-likeness (QED) is 0.453. The fourth-order valence-corrected chi connectivity index (χ4v) is 0.876. The lowest BCUT2D eigenvalue weighted by Crippen LogP contribution is -2.44. The first kappa shape index (κ1) is 13.9. The van der Waals surface area contributed by atoms with Crippen molar-refractivity contribution in [2.75, 3.05) is 6.54 Å². The number of amides is 1. The molecule has 88 valence electrons. The van der Waals surface area contributed by atoms with Gasteiger partial charge < -0.3 is 21.3 Å². The summed E-state index contributed by atoms with van der Waals surface area (Å²) in [5.41, 5.74) is 5.55. The van der Waals surface area contributed by atoms with Crippen molar-refractivity contribution >= 4 is 11.9 Å². The monoisotopic (exact) mass is 218 g/mol. The fourth-order valence-electron chi connectivity index (χ4n) is 0.876. The Kier molecular flexibility index (Phi) is 5.88. The van der Waals surface area contributed by atoms with E-state index in [-0.39, 0.29) is 24.8 Å². The molecule has 0 fully saturated rings. The van der Waals surface area contributed by atoms with Crippen LogP contribution in [0, 0.1) is 5.92 Å². The van der Waals surface area contributed by atoms with E-state index in [1.54, 1.807) is 0 Å². The molecule has 0 aromatic rings. The number of carboxylic acids is 1. The van der Waals surface area contributed by atoms with Crippen LogP contribution < -0.4 is 11.1 Å². The van der Waals surface area contributed by atoms with Crippen LogP contribution in [-0.2, 0) is 9.59 Å². The minimum Gasteiger partial charge on any atom is -0.479 e. The highest BCUT2D eigenvalue weighted by molar-refractivity contribution is 5.81. The molecule has 6 heteroatoms. The molecule has 0 bridgehead atoms. The number of hydrogen-bond acceptors (Lipinski definition) is 4. The van der Waals surface area contributed by atoms with Crippen LogP contribution in [0.15, 0.2) is 0 Å². The summed E-state index contributed by atoms with van der Waals surface area (Å²) in [5, 5.41) is 19.7. The van der Waals surface area contributed by atoms with Gasteiger partial charge in [-0.25, -0.2) is 4.79 Å². The van der Waals surface area contributed by atoms with Crippen LogP contribution in [0.4, 0.5) is 0 Å². The summed E-state index contributed by atoms with van der Waals surface area (Å²) in [4.78, 5) is 21.5. The predicted octanol–water partition coefficient (Wildman–Crippen LogP) is -1.08. The van der Waals surface area contributed by atoms with E-state index in [1.807, 2.05) is 13.8 Å². The number of aliphatic hydroxyl groups is 1. The van der Waals surface area contributed by atoms with E-state index in [0.29, 0.717) is 0 Å². The first-order valence-corrected chi connectivity index (χ1v) is 4.80. The predicted molar refractivity (Wildman–Crippen MR) is 54.1 cm³/mol. The van der Waals surface area contributed by atoms with Gasteiger partial charge in [-0.15, -0.1) is 0 Å². The van der Waals surface area contributed by atoms with Gasteiger partial charge in [0, 0.05) is 13.0 Å². The Morgan fingerprint density at radius 3 is 2.33 bits per heavy atom. The Hall–Kier alpha value is -1.14. The minimum absolute atomic E-state index is 0.0219. The summed E-state index contributed by atoms with van der Waals surface area (Å²) in [6.07, 6.45) is -1.47. The topological polar surface area (TPSA) is 113 Å². The van der Waals surface area contributed by atoms with Crippen LogP contribution in [0.5, 0.6) is 0 Å². The molecule has 0 aliphatic rings. The summed E-state index contributed by atoms with van der Waals surface area (Å²) >= 11 is 0. The lowest BCUT2D eigenvalue weighted by atomic mass is 10.1. The zero-order chi connectivity index (χ0) is 12.0. The Morgan fingerprint density at radius 2 is 1.93 bits per heavy atom. The van der Waals surface area contributed by atoms with Gasteiger partial charge in [0.25, 0.3) is 0 Å². The van der Waals surface area contributed by atoms with Crippen molar-refractivity contribution in [2.45, 2.75) is 32.4 Å². The lowest BCUT2D eigenvalue weighted by Gasteiger charge is -2.15. The van der Waals surface area contributed by atoms with Crippen molar-refractivity contribution in [2.24, 2.45) is 11.7 Å². The maximum atomic E-state index is 11.3. The summed E-state index contributed by atoms with van der Waals surface area (Å²) in [6, 6.07) is -0.605. The van der Waals surface area contributed by atoms with Gasteiger partial charge in [0.2, 0.25) is 5.91 Å². The molecule has 0 aliphatic carbocycles. The van der Waals surface area contributed by atoms with Gasteiger partial charge in [-0.3, -0.25) is 4.79 Å². The van der Waals surface area contributed by atoms with Crippen molar-refractivity contribution in [1.82, 2.24) is 5.32 Å². The maximum Gasteiger partial charge on any atom is 0.332 e. The number of aliphatic hydroxyl groups excluding tert-OH is 1. The van der Waals surface area contributed by atoms with Gasteiger partial charge in [0.1, 0.15) is 0 Å². The third-order valence-electron chi connectivity index (χ3n) is 2.02. The third kappa shape index (κ3) is 5.34. The summed E-state index contributed by atoms with van der Waals surface area (Å²) < 4.78 is 0. The Bertz CT molecular complexity index is 230. The number of rotatable bonds is 6. The van der Waals surface area contributed by atoms with Crippen molar-refractivity contribution in [1.29, 1.82) is 0 Å². The largest absolute Gasteiger partial charge is 0.479 e. The van der Waals surface area contributed by atoms with E-state index in [1.165, 1.54) is 0 Å². The van der Waals surface area contributed by atoms with Crippen LogP contribution in [0.3, 0.4) is 0 Å². The summed E-state index contributed by atoms with van der Waals surface area (Å²) in [6.45, 7) is 3.74. The third-order valence-corrected chi connectivity index (χ3v) is 2.02. The molecule has 0 aromatic heterocycles. The van der Waals surface area contributed by atoms with E-state index in [2.05, 4.69) is 5.32 Å². The fraction of sp³-hybridized carbons (Fsp3) is 0.778. The molecular weight excluding hydrogens is 200 g/mol. The van der Waals surface area contributed by atoms with Crippen molar-refractivity contribution in [3.05, 3.63) is 0 Å². The average molecular weight is 218 g/mol. The van der Waals surface area contributed by atoms with E-state index in [0.717, 1.165) is 0 Å². The molecule has 1 amide bonds. The average Bonchev–Trinajstić information content (AvgIpc) is 2.15. The van der Waals surface area contributed by atoms with E-state index in [9.17, 15) is 9.59 Å². The summed E-state index contributed by atoms with van der Waals surface area (Å²) in [7, 11) is 0. The van der Waals surface area contributed by atoms with Gasteiger partial charge in [0.05, 0.1) is 6.04 Å². The van der Waals surface area contributed by atoms with Gasteiger partial charge in [0.15, 0.2) is 6.10 Å². The van der Waals surface area contributed by atoms with Crippen LogP contribution in [0.2, 0.25) is 0 Å². The zero-order valence-electron chi connectivity index (χ0n) is 8.93. The molecule has 6 nitrogen and oxygen atoms in total. The molecule has 0 rings (SSSR count). The molecule has 5 N–H and O–H groups in total. The van der Waals surface area contributed by atoms with Crippen LogP contribution >= 0.6 is 0 Å². The summed E-state index contributed by atoms with van der Waals surface area (Å²) in [5.74, 6) is -1.60. The molecule has 0 spiro atoms. The van der Waals surface area contributed by atoms with E-state index in [4.69, 9.17) is 15.9 Å². The van der Waals surface area contributed by atoms with Gasteiger partial charge in [-0.05, 0) is 5.92 Å². The molecule has 0 heterocycles. The molecular formula is C9H18N2O4. The number of nitrogens with one attached hydrogen (secondary N) is 1. The number of carbonyl (C=O) groups excluding carboxylic acids is 1. The number of aliphatic carboxylic acids is 1. The molecule has 0 saturated heterocycles. The highest BCUT2D eigenvalue weighted by Crippen LogP contribution is 1.98. The van der Waals surface area contributed by atoms with Crippen molar-refractivity contribution < 1.29 is 19.8 Å². The van der Waals surface area contributed by atoms with Crippen LogP contribution in [-0.4, -0.2) is 40.8 Å². The minimum atomic E-state index is -1.44. The lowest BCUT2D eigenvalue weighted by molar-refractivity contribution is -0.147. The molecule has 0 aliphatic heterocycles. The van der Waals surface area contributed by atoms with Crippen molar-refractivity contribution in [3.8, 4) is 0 Å². The zero-order valence-corrected chi connectivity index (χ0v) is 8.93. The standard InChI is InChI=1S/C9H18N2O4/c1-5(2)7(10)8(13)11-4-3-6(12)9(14)15/h5-7,12H,3-4,10H2,1-2H3,(H,11,13)(H,14,15)/t6-,7+/m0/s1. The number of nitrogens with two attached hydrogens (primary N) is 1. The van der Waals surface area contributed by atoms with Crippen LogP contribution in [0.25, 0.3) is 0 Å². The smallest absolute Gasteiger partial charge is 0.332 e. The normalized spacial score (nSPS) is 14.7.